The minimum Gasteiger partial charge on any atom is -0.373 e. The Morgan fingerprint density at radius 1 is 0.635 bits per heavy atom. The van der Waals surface area contributed by atoms with E-state index in [0.29, 0.717) is 0 Å². The molecule has 0 saturated heterocycles. The number of nitrogens with zero attached hydrogens (tertiary/aromatic N) is 1. The van der Waals surface area contributed by atoms with E-state index < -0.39 is 0 Å². The summed E-state index contributed by atoms with van der Waals surface area (Å²) in [5, 5.41) is 11.7. The summed E-state index contributed by atoms with van der Waals surface area (Å²) in [5.41, 5.74) is 11.5. The molecule has 10 aromatic rings. The van der Waals surface area contributed by atoms with Crippen LogP contribution in [0.1, 0.15) is 33.7 Å². The number of aromatic amines is 1. The van der Waals surface area contributed by atoms with E-state index in [1.54, 1.807) is 0 Å². The van der Waals surface area contributed by atoms with E-state index >= 15 is 0 Å². The SMILES string of the molecule is C1=CC(c2ccc3c(c2)sc2ccc(-c4cccc5sc6c(c45)C=CC(n4c5ccccc5c5ccccc54)C6)cc23)Nc2c1ccc1cc[nH]c21. The Bertz CT molecular complexity index is 3110. The van der Waals surface area contributed by atoms with Crippen LogP contribution in [0.25, 0.3) is 86.2 Å². The zero-order valence-electron chi connectivity index (χ0n) is 28.1. The molecule has 2 N–H and O–H groups in total. The summed E-state index contributed by atoms with van der Waals surface area (Å²) >= 11 is 3.86. The molecule has 5 heteroatoms. The molecule has 2 aliphatic rings. The maximum absolute atomic E-state index is 3.82. The molecule has 52 heavy (non-hydrogen) atoms. The number of benzene rings is 6. The number of rotatable bonds is 3. The van der Waals surface area contributed by atoms with Crippen LogP contribution in [0, 0.1) is 0 Å². The van der Waals surface area contributed by atoms with E-state index in [2.05, 4.69) is 160 Å². The molecule has 5 heterocycles. The highest BCUT2D eigenvalue weighted by molar-refractivity contribution is 7.25. The van der Waals surface area contributed by atoms with Crippen LogP contribution in [0.3, 0.4) is 0 Å². The maximum Gasteiger partial charge on any atom is 0.0702 e. The molecule has 2 atom stereocenters. The third kappa shape index (κ3) is 4.12. The van der Waals surface area contributed by atoms with Gasteiger partial charge in [-0.15, -0.1) is 22.7 Å². The monoisotopic (exact) mass is 701 g/mol. The van der Waals surface area contributed by atoms with Crippen LogP contribution in [0.5, 0.6) is 0 Å². The Labute approximate surface area is 307 Å². The van der Waals surface area contributed by atoms with Gasteiger partial charge in [0.15, 0.2) is 0 Å². The van der Waals surface area contributed by atoms with Crippen molar-refractivity contribution in [2.45, 2.75) is 18.5 Å². The fourth-order valence-corrected chi connectivity index (χ4v) is 11.3. The standard InChI is InChI=1S/C47H31N3S2/c1-3-9-39-33(6-1)34-7-2-4-10-40(34)50(39)31-17-19-36-44(26-31)52-42-11-5-8-32(45(36)42)29-16-21-41-37(24-29)35-18-14-30(25-43(35)51-41)38-20-15-27-12-13-28-22-23-48-46(28)47(27)49-38/h1-25,31,38,48-49H,26H2. The van der Waals surface area contributed by atoms with Crippen LogP contribution >= 0.6 is 22.7 Å². The van der Waals surface area contributed by atoms with Gasteiger partial charge >= 0.3 is 0 Å². The van der Waals surface area contributed by atoms with Crippen LogP contribution in [0.2, 0.25) is 0 Å². The minimum absolute atomic E-state index is 0.122. The lowest BCUT2D eigenvalue weighted by molar-refractivity contribution is 0.642. The number of anilines is 1. The topological polar surface area (TPSA) is 32.8 Å². The van der Waals surface area contributed by atoms with Crippen molar-refractivity contribution >= 4 is 103 Å². The van der Waals surface area contributed by atoms with Gasteiger partial charge in [-0.05, 0) is 70.3 Å². The Balaban J connectivity index is 0.918. The summed E-state index contributed by atoms with van der Waals surface area (Å²) in [6.45, 7) is 0. The third-order valence-corrected chi connectivity index (χ3v) is 13.7. The van der Waals surface area contributed by atoms with E-state index in [1.165, 1.54) is 101 Å². The Hall–Kier alpha value is -5.88. The van der Waals surface area contributed by atoms with Gasteiger partial charge in [0.1, 0.15) is 0 Å². The van der Waals surface area contributed by atoms with Crippen LogP contribution in [-0.4, -0.2) is 9.55 Å². The zero-order valence-corrected chi connectivity index (χ0v) is 29.7. The van der Waals surface area contributed by atoms with Gasteiger partial charge in [-0.2, -0.15) is 0 Å². The summed E-state index contributed by atoms with van der Waals surface area (Å²) in [7, 11) is 0. The van der Waals surface area contributed by atoms with Crippen LogP contribution in [0.4, 0.5) is 5.69 Å². The van der Waals surface area contributed by atoms with Crippen molar-refractivity contribution in [1.29, 1.82) is 0 Å². The van der Waals surface area contributed by atoms with Crippen molar-refractivity contribution in [3.05, 3.63) is 161 Å². The molecule has 0 radical (unpaired) electrons. The smallest absolute Gasteiger partial charge is 0.0702 e. The van der Waals surface area contributed by atoms with Crippen molar-refractivity contribution in [3.8, 4) is 11.1 Å². The highest BCUT2D eigenvalue weighted by Crippen LogP contribution is 2.46. The van der Waals surface area contributed by atoms with Crippen LogP contribution in [0.15, 0.2) is 140 Å². The molecule has 4 aromatic heterocycles. The lowest BCUT2D eigenvalue weighted by Crippen LogP contribution is -2.12. The van der Waals surface area contributed by atoms with E-state index in [1.807, 2.05) is 28.9 Å². The van der Waals surface area contributed by atoms with Crippen molar-refractivity contribution in [1.82, 2.24) is 9.55 Å². The van der Waals surface area contributed by atoms with Gasteiger partial charge in [0.2, 0.25) is 0 Å². The number of aromatic nitrogens is 2. The average Bonchev–Trinajstić information content (AvgIpc) is 3.98. The van der Waals surface area contributed by atoms with E-state index in [9.17, 15) is 0 Å². The van der Waals surface area contributed by atoms with Gasteiger partial charge in [-0.3, -0.25) is 0 Å². The number of hydrogen-bond donors (Lipinski definition) is 2. The second kappa shape index (κ2) is 10.8. The van der Waals surface area contributed by atoms with Crippen LogP contribution < -0.4 is 5.32 Å². The Morgan fingerprint density at radius 2 is 1.50 bits per heavy atom. The summed E-state index contributed by atoms with van der Waals surface area (Å²) < 4.78 is 6.57. The molecule has 246 valence electrons. The lowest BCUT2D eigenvalue weighted by Gasteiger charge is -2.23. The molecule has 1 aliphatic heterocycles. The fraction of sp³-hybridized carbons (Fsp3) is 0.0638. The molecule has 0 bridgehead atoms. The van der Waals surface area contributed by atoms with Crippen LogP contribution in [-0.2, 0) is 6.42 Å². The average molecular weight is 702 g/mol. The second-order valence-corrected chi connectivity index (χ2v) is 16.4. The number of nitrogens with one attached hydrogen (secondary N) is 2. The molecule has 0 saturated carbocycles. The molecular weight excluding hydrogens is 671 g/mol. The number of allylic oxidation sites excluding steroid dienone is 1. The Kier molecular flexibility index (Phi) is 5.98. The first-order chi connectivity index (χ1) is 25.7. The molecule has 0 amide bonds. The molecule has 0 spiro atoms. The number of H-pyrrole nitrogens is 1. The maximum atomic E-state index is 3.82. The normalized spacial score (nSPS) is 16.8. The molecule has 6 aromatic carbocycles. The predicted molar refractivity (Wildman–Crippen MR) is 225 cm³/mol. The highest BCUT2D eigenvalue weighted by atomic mass is 32.1. The van der Waals surface area contributed by atoms with Gasteiger partial charge in [-0.25, -0.2) is 0 Å². The summed E-state index contributed by atoms with van der Waals surface area (Å²) in [6, 6.07) is 45.6. The van der Waals surface area contributed by atoms with Gasteiger partial charge in [0, 0.05) is 74.9 Å². The first kappa shape index (κ1) is 28.8. The summed E-state index contributed by atoms with van der Waals surface area (Å²) in [4.78, 5) is 4.90. The molecule has 3 nitrogen and oxygen atoms in total. The molecule has 12 rings (SSSR count). The number of fused-ring (bicyclic) bond motifs is 12. The first-order valence-corrected chi connectivity index (χ1v) is 19.6. The lowest BCUT2D eigenvalue weighted by atomic mass is 9.93. The number of para-hydroxylation sites is 2. The quantitative estimate of drug-likeness (QED) is 0.189. The Morgan fingerprint density at radius 3 is 2.38 bits per heavy atom. The zero-order chi connectivity index (χ0) is 33.9. The highest BCUT2D eigenvalue weighted by Gasteiger charge is 2.25. The molecule has 0 fully saturated rings. The van der Waals surface area contributed by atoms with Gasteiger partial charge < -0.3 is 14.9 Å². The minimum atomic E-state index is 0.122. The second-order valence-electron chi connectivity index (χ2n) is 14.2. The summed E-state index contributed by atoms with van der Waals surface area (Å²) in [6.07, 6.45) is 12.4. The van der Waals surface area contributed by atoms with Gasteiger partial charge in [-0.1, -0.05) is 103 Å². The van der Waals surface area contributed by atoms with Gasteiger partial charge in [0.25, 0.3) is 0 Å². The van der Waals surface area contributed by atoms with Crippen molar-refractivity contribution in [2.75, 3.05) is 5.32 Å². The number of thiophene rings is 2. The van der Waals surface area contributed by atoms with Crippen molar-refractivity contribution in [2.24, 2.45) is 0 Å². The largest absolute Gasteiger partial charge is 0.373 e. The van der Waals surface area contributed by atoms with Crippen molar-refractivity contribution in [3.63, 3.8) is 0 Å². The molecular formula is C47H31N3S2. The van der Waals surface area contributed by atoms with Gasteiger partial charge in [0.05, 0.1) is 23.3 Å². The van der Waals surface area contributed by atoms with Crippen molar-refractivity contribution < 1.29 is 0 Å². The van der Waals surface area contributed by atoms with E-state index in [4.69, 9.17) is 0 Å². The number of hydrogen-bond acceptors (Lipinski definition) is 3. The van der Waals surface area contributed by atoms with E-state index in [-0.39, 0.29) is 12.1 Å². The first-order valence-electron chi connectivity index (χ1n) is 18.0. The third-order valence-electron chi connectivity index (χ3n) is 11.4. The predicted octanol–water partition coefficient (Wildman–Crippen LogP) is 13.5. The molecule has 2 unspecified atom stereocenters. The van der Waals surface area contributed by atoms with E-state index in [0.717, 1.165) is 6.42 Å². The summed E-state index contributed by atoms with van der Waals surface area (Å²) in [5.74, 6) is 0. The fourth-order valence-electron chi connectivity index (χ4n) is 8.93. The molecule has 1 aliphatic carbocycles.